The summed E-state index contributed by atoms with van der Waals surface area (Å²) in [5.41, 5.74) is 11.3. The molecule has 0 saturated carbocycles. The van der Waals surface area contributed by atoms with E-state index in [2.05, 4.69) is 20.1 Å². The highest BCUT2D eigenvalue weighted by atomic mass is 16.7. The summed E-state index contributed by atoms with van der Waals surface area (Å²) < 4.78 is 0. The van der Waals surface area contributed by atoms with Crippen molar-refractivity contribution >= 4 is 23.7 Å². The van der Waals surface area contributed by atoms with Gasteiger partial charge in [-0.2, -0.15) is 20.0 Å². The van der Waals surface area contributed by atoms with Gasteiger partial charge in [-0.1, -0.05) is 23.4 Å². The summed E-state index contributed by atoms with van der Waals surface area (Å²) in [5.74, 6) is -1.34. The third kappa shape index (κ3) is 3.36. The Balaban J connectivity index is 2.21. The molecular weight excluding hydrogens is 290 g/mol. The average molecular weight is 303 g/mol. The second kappa shape index (κ2) is 6.35. The van der Waals surface area contributed by atoms with Crippen molar-refractivity contribution in [2.75, 3.05) is 17.8 Å². The zero-order chi connectivity index (χ0) is 16.1. The van der Waals surface area contributed by atoms with Crippen molar-refractivity contribution < 1.29 is 14.8 Å². The SMILES string of the molecule is CN(OC(=O)c1ccccc1)c1nc(N)nc(C(N)=NO)n1. The Bertz CT molecular complexity index is 705. The number of carbonyl (C=O) groups excluding carboxylic acids is 1. The standard InChI is InChI=1S/C12H13N7O3/c1-19(22-10(20)7-5-3-2-4-6-7)12-16-9(8(13)18-21)15-11(14)17-12/h2-6,21H,1H3,(H2,13,18)(H2,14,15,16,17). The third-order valence-corrected chi connectivity index (χ3v) is 2.49. The molecule has 0 atom stereocenters. The van der Waals surface area contributed by atoms with Gasteiger partial charge in [0.15, 0.2) is 0 Å². The minimum atomic E-state index is -0.604. The van der Waals surface area contributed by atoms with Crippen molar-refractivity contribution in [3.63, 3.8) is 0 Å². The molecule has 1 aromatic heterocycles. The summed E-state index contributed by atoms with van der Waals surface area (Å²) >= 11 is 0. The number of rotatable bonds is 4. The van der Waals surface area contributed by atoms with Crippen LogP contribution < -0.4 is 16.5 Å². The Morgan fingerprint density at radius 2 is 1.95 bits per heavy atom. The van der Waals surface area contributed by atoms with E-state index in [-0.39, 0.29) is 23.6 Å². The zero-order valence-corrected chi connectivity index (χ0v) is 11.5. The Labute approximate surface area is 125 Å². The van der Waals surface area contributed by atoms with Crippen LogP contribution >= 0.6 is 0 Å². The smallest absolute Gasteiger partial charge is 0.363 e. The number of hydrogen-bond acceptors (Lipinski definition) is 9. The van der Waals surface area contributed by atoms with Gasteiger partial charge in [0.25, 0.3) is 5.95 Å². The number of nitrogens with two attached hydrogens (primary N) is 2. The number of anilines is 2. The van der Waals surface area contributed by atoms with Crippen molar-refractivity contribution in [3.8, 4) is 0 Å². The molecule has 0 bridgehead atoms. The number of benzene rings is 1. The van der Waals surface area contributed by atoms with E-state index in [1.165, 1.54) is 7.05 Å². The fourth-order valence-electron chi connectivity index (χ4n) is 1.47. The van der Waals surface area contributed by atoms with Crippen molar-refractivity contribution in [1.82, 2.24) is 15.0 Å². The van der Waals surface area contributed by atoms with Crippen LogP contribution in [0.2, 0.25) is 0 Å². The largest absolute Gasteiger partial charge is 0.409 e. The molecule has 0 aliphatic carbocycles. The van der Waals surface area contributed by atoms with E-state index in [9.17, 15) is 4.79 Å². The highest BCUT2D eigenvalue weighted by Gasteiger charge is 2.16. The lowest BCUT2D eigenvalue weighted by Gasteiger charge is -2.16. The molecule has 1 heterocycles. The summed E-state index contributed by atoms with van der Waals surface area (Å²) in [7, 11) is 1.41. The zero-order valence-electron chi connectivity index (χ0n) is 11.5. The first kappa shape index (κ1) is 15.0. The number of amidine groups is 1. The van der Waals surface area contributed by atoms with Gasteiger partial charge in [0.2, 0.25) is 17.6 Å². The molecule has 0 fully saturated rings. The fourth-order valence-corrected chi connectivity index (χ4v) is 1.47. The van der Waals surface area contributed by atoms with Gasteiger partial charge in [0.05, 0.1) is 5.56 Å². The Kier molecular flexibility index (Phi) is 4.32. The van der Waals surface area contributed by atoms with E-state index < -0.39 is 5.97 Å². The van der Waals surface area contributed by atoms with E-state index >= 15 is 0 Å². The highest BCUT2D eigenvalue weighted by molar-refractivity contribution is 5.94. The van der Waals surface area contributed by atoms with Gasteiger partial charge in [-0.25, -0.2) is 4.79 Å². The van der Waals surface area contributed by atoms with Crippen molar-refractivity contribution in [2.24, 2.45) is 10.9 Å². The fraction of sp³-hybridized carbons (Fsp3) is 0.0833. The first-order valence-corrected chi connectivity index (χ1v) is 6.01. The van der Waals surface area contributed by atoms with Crippen LogP contribution in [0.5, 0.6) is 0 Å². The van der Waals surface area contributed by atoms with E-state index in [1.54, 1.807) is 30.3 Å². The maximum Gasteiger partial charge on any atom is 0.363 e. The van der Waals surface area contributed by atoms with Gasteiger partial charge in [0, 0.05) is 7.05 Å². The minimum absolute atomic E-state index is 0.0709. The molecule has 10 heteroatoms. The van der Waals surface area contributed by atoms with Crippen LogP contribution in [-0.2, 0) is 4.84 Å². The number of nitrogen functional groups attached to an aromatic ring is 1. The maximum atomic E-state index is 11.9. The summed E-state index contributed by atoms with van der Waals surface area (Å²) in [6, 6.07) is 8.37. The third-order valence-electron chi connectivity index (χ3n) is 2.49. The van der Waals surface area contributed by atoms with Crippen molar-refractivity contribution in [1.29, 1.82) is 0 Å². The molecule has 5 N–H and O–H groups in total. The molecule has 22 heavy (non-hydrogen) atoms. The summed E-state index contributed by atoms with van der Waals surface area (Å²) in [4.78, 5) is 28.4. The van der Waals surface area contributed by atoms with Crippen LogP contribution in [0, 0.1) is 0 Å². The molecule has 0 aliphatic rings. The van der Waals surface area contributed by atoms with Gasteiger partial charge in [-0.05, 0) is 12.1 Å². The topological polar surface area (TPSA) is 153 Å². The average Bonchev–Trinajstić information content (AvgIpc) is 2.54. The van der Waals surface area contributed by atoms with Crippen LogP contribution in [0.3, 0.4) is 0 Å². The van der Waals surface area contributed by atoms with Crippen LogP contribution in [0.4, 0.5) is 11.9 Å². The van der Waals surface area contributed by atoms with Crippen LogP contribution in [-0.4, -0.2) is 39.0 Å². The molecule has 0 amide bonds. The van der Waals surface area contributed by atoms with Crippen LogP contribution in [0.25, 0.3) is 0 Å². The first-order chi connectivity index (χ1) is 10.5. The van der Waals surface area contributed by atoms with E-state index in [4.69, 9.17) is 21.5 Å². The predicted molar refractivity (Wildman–Crippen MR) is 77.0 cm³/mol. The summed E-state index contributed by atoms with van der Waals surface area (Å²) in [6.45, 7) is 0. The number of aromatic nitrogens is 3. The lowest BCUT2D eigenvalue weighted by atomic mass is 10.2. The van der Waals surface area contributed by atoms with Crippen LogP contribution in [0.15, 0.2) is 35.5 Å². The Morgan fingerprint density at radius 1 is 1.27 bits per heavy atom. The molecule has 0 unspecified atom stereocenters. The first-order valence-electron chi connectivity index (χ1n) is 6.01. The molecule has 0 radical (unpaired) electrons. The number of oxime groups is 1. The number of hydrogen-bond donors (Lipinski definition) is 3. The quantitative estimate of drug-likeness (QED) is 0.300. The second-order valence-corrected chi connectivity index (χ2v) is 4.04. The van der Waals surface area contributed by atoms with E-state index in [0.717, 1.165) is 5.06 Å². The lowest BCUT2D eigenvalue weighted by Crippen LogP contribution is -2.27. The monoisotopic (exact) mass is 303 g/mol. The Morgan fingerprint density at radius 3 is 2.59 bits per heavy atom. The van der Waals surface area contributed by atoms with Gasteiger partial charge in [-0.15, -0.1) is 0 Å². The molecule has 0 saturated heterocycles. The van der Waals surface area contributed by atoms with E-state index in [0.29, 0.717) is 5.56 Å². The molecule has 0 aliphatic heterocycles. The second-order valence-electron chi connectivity index (χ2n) is 4.04. The molecule has 2 aromatic rings. The highest BCUT2D eigenvalue weighted by Crippen LogP contribution is 2.10. The molecule has 10 nitrogen and oxygen atoms in total. The number of carbonyl (C=O) groups is 1. The van der Waals surface area contributed by atoms with Crippen molar-refractivity contribution in [3.05, 3.63) is 41.7 Å². The minimum Gasteiger partial charge on any atom is -0.409 e. The van der Waals surface area contributed by atoms with Crippen molar-refractivity contribution in [2.45, 2.75) is 0 Å². The van der Waals surface area contributed by atoms with Crippen LogP contribution in [0.1, 0.15) is 16.2 Å². The van der Waals surface area contributed by atoms with Gasteiger partial charge in [0.1, 0.15) is 0 Å². The van der Waals surface area contributed by atoms with E-state index in [1.807, 2.05) is 0 Å². The van der Waals surface area contributed by atoms with Gasteiger partial charge in [-0.3, -0.25) is 0 Å². The maximum absolute atomic E-state index is 11.9. The summed E-state index contributed by atoms with van der Waals surface area (Å²) in [6.07, 6.45) is 0. The molecule has 114 valence electrons. The molecule has 1 aromatic carbocycles. The molecular formula is C12H13N7O3. The van der Waals surface area contributed by atoms with Gasteiger partial charge >= 0.3 is 5.97 Å². The normalized spacial score (nSPS) is 11.0. The van der Waals surface area contributed by atoms with Gasteiger partial charge < -0.3 is 21.5 Å². The Hall–Kier alpha value is -3.43. The summed E-state index contributed by atoms with van der Waals surface area (Å²) in [5, 5.41) is 12.4. The lowest BCUT2D eigenvalue weighted by molar-refractivity contribution is 0.0471. The molecule has 2 rings (SSSR count). The number of nitrogens with zero attached hydrogens (tertiary/aromatic N) is 5. The molecule has 0 spiro atoms. The number of hydroxylamine groups is 1. The predicted octanol–water partition coefficient (Wildman–Crippen LogP) is -0.244.